The minimum absolute atomic E-state index is 0.0611. The molecule has 0 radical (unpaired) electrons. The van der Waals surface area contributed by atoms with Crippen molar-refractivity contribution in [3.8, 4) is 45.4 Å². The smallest absolute Gasteiger partial charge is 0.162 e. The first kappa shape index (κ1) is 43.6. The number of rotatable bonds is 12. The maximum absolute atomic E-state index is 12.8. The van der Waals surface area contributed by atoms with Crippen LogP contribution in [-0.2, 0) is 0 Å². The summed E-state index contributed by atoms with van der Waals surface area (Å²) in [4.78, 5) is 29.8. The Labute approximate surface area is 373 Å². The summed E-state index contributed by atoms with van der Waals surface area (Å²) in [6.45, 7) is 11.5. The Morgan fingerprint density at radius 3 is 1.13 bits per heavy atom. The first-order chi connectivity index (χ1) is 30.0. The number of ether oxygens (including phenoxy) is 2. The molecule has 8 rings (SSSR count). The highest BCUT2D eigenvalue weighted by Crippen LogP contribution is 2.46. The zero-order valence-corrected chi connectivity index (χ0v) is 38.0. The molecule has 0 aliphatic heterocycles. The number of carbonyl (C=O) groups is 2. The zero-order chi connectivity index (χ0) is 43.9. The summed E-state index contributed by atoms with van der Waals surface area (Å²) in [5.41, 5.74) is 11.9. The number of ketones is 2. The van der Waals surface area contributed by atoms with Gasteiger partial charge in [0.1, 0.15) is 11.5 Å². The van der Waals surface area contributed by atoms with Gasteiger partial charge in [0.2, 0.25) is 0 Å². The van der Waals surface area contributed by atoms with Crippen LogP contribution in [0.1, 0.15) is 57.1 Å². The van der Waals surface area contributed by atoms with Crippen molar-refractivity contribution in [2.75, 3.05) is 14.2 Å². The molecule has 0 saturated heterocycles. The lowest BCUT2D eigenvalue weighted by molar-refractivity contribution is 0.100. The molecule has 0 aliphatic rings. The fourth-order valence-electron chi connectivity index (χ4n) is 7.66. The lowest BCUT2D eigenvalue weighted by atomic mass is 10.1. The molecule has 6 nitrogen and oxygen atoms in total. The number of benzene rings is 6. The van der Waals surface area contributed by atoms with Crippen LogP contribution in [0.5, 0.6) is 11.5 Å². The van der Waals surface area contributed by atoms with E-state index in [1.54, 1.807) is 51.6 Å². The van der Waals surface area contributed by atoms with E-state index in [-0.39, 0.29) is 11.6 Å². The Morgan fingerprint density at radius 2 is 0.806 bits per heavy atom. The maximum Gasteiger partial charge on any atom is 0.162 e. The van der Waals surface area contributed by atoms with Crippen LogP contribution in [0, 0.1) is 27.7 Å². The monoisotopic (exact) mass is 854 g/mol. The molecule has 2 heterocycles. The van der Waals surface area contributed by atoms with Crippen LogP contribution in [0.15, 0.2) is 177 Å². The maximum atomic E-state index is 12.8. The molecule has 0 fully saturated rings. The van der Waals surface area contributed by atoms with E-state index in [9.17, 15) is 9.59 Å². The van der Waals surface area contributed by atoms with E-state index < -0.39 is 0 Å². The minimum Gasteiger partial charge on any atom is -0.497 e. The lowest BCUT2D eigenvalue weighted by Crippen LogP contribution is -2.01. The van der Waals surface area contributed by atoms with Gasteiger partial charge in [-0.1, -0.05) is 120 Å². The van der Waals surface area contributed by atoms with Gasteiger partial charge in [-0.25, -0.2) is 0 Å². The van der Waals surface area contributed by atoms with Crippen molar-refractivity contribution in [3.05, 3.63) is 191 Å². The van der Waals surface area contributed by atoms with Gasteiger partial charge in [-0.3, -0.25) is 9.59 Å². The third kappa shape index (κ3) is 9.37. The third-order valence-corrected chi connectivity index (χ3v) is 12.8. The molecule has 0 amide bonds. The normalized spacial score (nSPS) is 10.8. The molecule has 0 spiro atoms. The largest absolute Gasteiger partial charge is 0.497 e. The van der Waals surface area contributed by atoms with Crippen molar-refractivity contribution >= 4 is 35.1 Å². The molecule has 0 atom stereocenters. The van der Waals surface area contributed by atoms with E-state index in [1.165, 1.54) is 11.1 Å². The highest BCUT2D eigenvalue weighted by atomic mass is 32.2. The second-order valence-electron chi connectivity index (χ2n) is 15.0. The fraction of sp³-hybridized carbons (Fsp3) is 0.148. The summed E-state index contributed by atoms with van der Waals surface area (Å²) >= 11 is 3.26. The average molecular weight is 855 g/mol. The summed E-state index contributed by atoms with van der Waals surface area (Å²) in [7, 11) is 3.34. The van der Waals surface area contributed by atoms with Crippen LogP contribution in [0.25, 0.3) is 33.9 Å². The number of nitrogens with zero attached hydrogens (tertiary/aromatic N) is 2. The standard InChI is InChI=1S/2C27H25NO2S/c2*1-18-13-15-22(16-14-18)28-19(2)25(20(3)29)27(31-24-11-6-5-7-12-24)26(28)21-9-8-10-23(17-21)30-4/h2*5-17H,1-4H3. The van der Waals surface area contributed by atoms with Crippen LogP contribution < -0.4 is 9.47 Å². The second-order valence-corrected chi connectivity index (χ2v) is 17.2. The zero-order valence-electron chi connectivity index (χ0n) is 36.4. The quantitative estimate of drug-likeness (QED) is 0.114. The van der Waals surface area contributed by atoms with Crippen molar-refractivity contribution in [2.24, 2.45) is 0 Å². The van der Waals surface area contributed by atoms with Crippen LogP contribution in [0.4, 0.5) is 0 Å². The summed E-state index contributed by atoms with van der Waals surface area (Å²) in [5, 5.41) is 0. The molecule has 6 aromatic carbocycles. The van der Waals surface area contributed by atoms with Gasteiger partial charge in [-0.2, -0.15) is 0 Å². The highest BCUT2D eigenvalue weighted by Gasteiger charge is 2.28. The summed E-state index contributed by atoms with van der Waals surface area (Å²) < 4.78 is 15.4. The van der Waals surface area contributed by atoms with Gasteiger partial charge in [0, 0.05) is 53.5 Å². The number of aromatic nitrogens is 2. The van der Waals surface area contributed by atoms with E-state index >= 15 is 0 Å². The van der Waals surface area contributed by atoms with Gasteiger partial charge in [0.15, 0.2) is 11.6 Å². The molecule has 312 valence electrons. The van der Waals surface area contributed by atoms with E-state index in [2.05, 4.69) is 108 Å². The van der Waals surface area contributed by atoms with Crippen LogP contribution in [-0.4, -0.2) is 34.9 Å². The predicted octanol–water partition coefficient (Wildman–Crippen LogP) is 14.2. The van der Waals surface area contributed by atoms with Crippen molar-refractivity contribution in [3.63, 3.8) is 0 Å². The Morgan fingerprint density at radius 1 is 0.452 bits per heavy atom. The Kier molecular flexibility index (Phi) is 13.7. The summed E-state index contributed by atoms with van der Waals surface area (Å²) in [6.07, 6.45) is 0. The SMILES string of the molecule is COc1cccc(-c2c(Sc3ccccc3)c(C(C)=O)c(C)n2-c2ccc(C)cc2)c1.COc1cccc(-c2c(Sc3ccccc3)c(C(C)=O)c(C)n2-c2ccc(C)cc2)c1. The van der Waals surface area contributed by atoms with Crippen LogP contribution in [0.3, 0.4) is 0 Å². The molecular weight excluding hydrogens is 805 g/mol. The summed E-state index contributed by atoms with van der Waals surface area (Å²) in [5.74, 6) is 1.69. The first-order valence-corrected chi connectivity index (χ1v) is 22.0. The van der Waals surface area contributed by atoms with Crippen molar-refractivity contribution in [2.45, 2.75) is 61.1 Å². The van der Waals surface area contributed by atoms with Gasteiger partial charge in [0.05, 0.1) is 36.7 Å². The Hall–Kier alpha value is -6.48. The fourth-order valence-corrected chi connectivity index (χ4v) is 10.1. The number of aryl methyl sites for hydroxylation is 2. The highest BCUT2D eigenvalue weighted by molar-refractivity contribution is 7.99. The molecule has 0 saturated carbocycles. The van der Waals surface area contributed by atoms with Crippen molar-refractivity contribution in [1.29, 1.82) is 0 Å². The average Bonchev–Trinajstić information content (AvgIpc) is 3.74. The van der Waals surface area contributed by atoms with Gasteiger partial charge in [-0.15, -0.1) is 0 Å². The minimum atomic E-state index is 0.0611. The molecule has 8 aromatic rings. The van der Waals surface area contributed by atoms with Gasteiger partial charge >= 0.3 is 0 Å². The third-order valence-electron chi connectivity index (χ3n) is 10.6. The lowest BCUT2D eigenvalue weighted by Gasteiger charge is -2.14. The van der Waals surface area contributed by atoms with Crippen LogP contribution >= 0.6 is 23.5 Å². The number of carbonyl (C=O) groups excluding carboxylic acids is 2. The topological polar surface area (TPSA) is 62.5 Å². The second kappa shape index (κ2) is 19.5. The van der Waals surface area contributed by atoms with Crippen LogP contribution in [0.2, 0.25) is 0 Å². The van der Waals surface area contributed by atoms with E-state index in [0.29, 0.717) is 0 Å². The number of methoxy groups -OCH3 is 2. The molecule has 0 unspecified atom stereocenters. The molecule has 62 heavy (non-hydrogen) atoms. The first-order valence-electron chi connectivity index (χ1n) is 20.4. The molecule has 0 N–H and O–H groups in total. The van der Waals surface area contributed by atoms with Crippen molar-refractivity contribution < 1.29 is 19.1 Å². The van der Waals surface area contributed by atoms with Gasteiger partial charge < -0.3 is 18.6 Å². The predicted molar refractivity (Wildman–Crippen MR) is 256 cm³/mol. The number of Topliss-reactive ketones (excluding diaryl/α,β-unsaturated/α-hetero) is 2. The number of hydrogen-bond acceptors (Lipinski definition) is 6. The Balaban J connectivity index is 0.000000186. The molecule has 0 bridgehead atoms. The number of hydrogen-bond donors (Lipinski definition) is 0. The van der Waals surface area contributed by atoms with E-state index in [4.69, 9.17) is 9.47 Å². The van der Waals surface area contributed by atoms with E-state index in [1.807, 2.05) is 86.6 Å². The van der Waals surface area contributed by atoms with Gasteiger partial charge in [0.25, 0.3) is 0 Å². The molecule has 0 aliphatic carbocycles. The van der Waals surface area contributed by atoms with Crippen molar-refractivity contribution in [1.82, 2.24) is 9.13 Å². The molecule has 2 aromatic heterocycles. The summed E-state index contributed by atoms with van der Waals surface area (Å²) in [6, 6.07) is 53.2. The van der Waals surface area contributed by atoms with E-state index in [0.717, 1.165) is 87.5 Å². The molecule has 8 heteroatoms. The molecular formula is C54H50N2O4S2. The van der Waals surface area contributed by atoms with Gasteiger partial charge in [-0.05, 0) is 114 Å². The Bertz CT molecular complexity index is 2650.